The molecule has 4 amide bonds. The molecule has 4 aromatic rings. The summed E-state index contributed by atoms with van der Waals surface area (Å²) in [4.78, 5) is 69.5. The summed E-state index contributed by atoms with van der Waals surface area (Å²) < 4.78 is 0. The number of carbonyl (C=O) groups excluding carboxylic acids is 4. The Bertz CT molecular complexity index is 2370. The molecule has 16 heteroatoms. The number of unbranched alkanes of at least 4 members (excludes halogenated alkanes) is 12. The fourth-order valence-electron chi connectivity index (χ4n) is 9.41. The zero-order valence-electron chi connectivity index (χ0n) is 41.5. The molecule has 8 rings (SSSR count). The number of aryl methyl sites for hydroxylation is 2. The summed E-state index contributed by atoms with van der Waals surface area (Å²) in [5.41, 5.74) is 5.80. The molecule has 8 nitrogen and oxygen atoms in total. The fourth-order valence-corrected chi connectivity index (χ4v) is 12.8. The summed E-state index contributed by atoms with van der Waals surface area (Å²) in [5.74, 6) is -0.0172. The Labute approximate surface area is 449 Å². The van der Waals surface area contributed by atoms with E-state index in [9.17, 15) is 19.2 Å². The molecule has 0 atom stereocenters. The van der Waals surface area contributed by atoms with Gasteiger partial charge in [0.1, 0.15) is 0 Å². The molecule has 0 fully saturated rings. The Morgan fingerprint density at radius 1 is 0.400 bits per heavy atom. The first-order chi connectivity index (χ1) is 33.9. The van der Waals surface area contributed by atoms with E-state index in [0.29, 0.717) is 48.5 Å². The number of carbonyl (C=O) groups is 4. The van der Waals surface area contributed by atoms with Crippen LogP contribution < -0.4 is 0 Å². The maximum absolute atomic E-state index is 14.0. The van der Waals surface area contributed by atoms with Gasteiger partial charge in [0.2, 0.25) is 0 Å². The second-order valence-corrected chi connectivity index (χ2v) is 27.8. The van der Waals surface area contributed by atoms with E-state index in [1.165, 1.54) is 35.4 Å². The standard InChI is InChI=1S/C28H36N2O2S2.C26H32N2O2S2.3ClH.Fe/c1-5-7-9-11-17-29-25(21-15-13-19(3)33-21)23-24(27(29)31)26(22-16-14-20(4)34-22)30(28(23)32)18-12-10-8-6-2;1-3-5-7-9-15-27-23(19-13-11-17-31-19)21-22(25(27)29)24(20-14-12-18-32-20)28(26(21)30)16-10-8-6-4-2;;;;/h13-16H,5-12,17-18H2,1-4H3;11-14,17-18H,3-10,15-16H2,1-2H3;3*1H;/q;;;;;+3/p-3. The van der Waals surface area contributed by atoms with Gasteiger partial charge in [-0.1, -0.05) is 117 Å². The average Bonchev–Trinajstić information content (AvgIpc) is 4.22. The van der Waals surface area contributed by atoms with Gasteiger partial charge in [-0.3, -0.25) is 19.2 Å². The van der Waals surface area contributed by atoms with Crippen molar-refractivity contribution in [3.63, 3.8) is 0 Å². The summed E-state index contributed by atoms with van der Waals surface area (Å²) in [6.45, 7) is 15.6. The van der Waals surface area contributed by atoms with Gasteiger partial charge in [0.05, 0.1) is 64.6 Å². The van der Waals surface area contributed by atoms with Crippen LogP contribution in [0.1, 0.15) is 160 Å². The number of rotatable bonds is 24. The van der Waals surface area contributed by atoms with Gasteiger partial charge in [0, 0.05) is 35.9 Å². The van der Waals surface area contributed by atoms with Crippen LogP contribution in [0.15, 0.2) is 81.6 Å². The summed E-state index contributed by atoms with van der Waals surface area (Å²) >= 11 is 5.21. The number of thiophene rings is 4. The maximum atomic E-state index is 14.0. The van der Waals surface area contributed by atoms with Gasteiger partial charge in [-0.15, -0.1) is 45.3 Å². The van der Waals surface area contributed by atoms with Crippen LogP contribution in [0.25, 0.3) is 22.8 Å². The van der Waals surface area contributed by atoms with Crippen molar-refractivity contribution in [1.29, 1.82) is 0 Å². The van der Waals surface area contributed by atoms with Crippen molar-refractivity contribution in [3.05, 3.63) is 111 Å². The first-order valence-electron chi connectivity index (χ1n) is 25.0. The van der Waals surface area contributed by atoms with Crippen LogP contribution in [-0.4, -0.2) is 69.4 Å². The van der Waals surface area contributed by atoms with Crippen LogP contribution in [0.2, 0.25) is 0 Å². The molecule has 0 spiro atoms. The van der Waals surface area contributed by atoms with Crippen molar-refractivity contribution in [2.45, 2.75) is 144 Å². The molecule has 4 aliphatic rings. The molecular weight excluding hydrogens is 1060 g/mol. The van der Waals surface area contributed by atoms with Gasteiger partial charge < -0.3 is 19.6 Å². The van der Waals surface area contributed by atoms with Crippen LogP contribution in [0.5, 0.6) is 0 Å². The Morgan fingerprint density at radius 2 is 0.671 bits per heavy atom. The quantitative estimate of drug-likeness (QED) is 0.0517. The molecule has 70 heavy (non-hydrogen) atoms. The molecule has 381 valence electrons. The van der Waals surface area contributed by atoms with Crippen LogP contribution in [0, 0.1) is 13.8 Å². The van der Waals surface area contributed by atoms with Crippen LogP contribution >= 0.6 is 75.6 Å². The van der Waals surface area contributed by atoms with E-state index in [2.05, 4.69) is 65.8 Å². The molecule has 0 unspecified atom stereocenters. The molecule has 4 aromatic heterocycles. The second-order valence-electron chi connectivity index (χ2n) is 17.9. The molecule has 0 aliphatic carbocycles. The molecular formula is C54H68Cl3FeN4O4S4. The van der Waals surface area contributed by atoms with Crippen LogP contribution in [0.3, 0.4) is 0 Å². The number of fused-ring (bicyclic) bond motifs is 2. The van der Waals surface area contributed by atoms with Crippen molar-refractivity contribution in [1.82, 2.24) is 19.6 Å². The molecule has 0 saturated heterocycles. The first-order valence-corrected chi connectivity index (χ1v) is 33.0. The summed E-state index contributed by atoms with van der Waals surface area (Å²) in [6, 6.07) is 16.4. The van der Waals surface area contributed by atoms with Crippen molar-refractivity contribution in [2.75, 3.05) is 26.2 Å². The van der Waals surface area contributed by atoms with E-state index in [-0.39, 0.29) is 23.6 Å². The van der Waals surface area contributed by atoms with E-state index in [1.807, 2.05) is 54.6 Å². The van der Waals surface area contributed by atoms with Crippen molar-refractivity contribution in [2.24, 2.45) is 0 Å². The van der Waals surface area contributed by atoms with Gasteiger partial charge in [-0.05, 0) is 86.7 Å². The van der Waals surface area contributed by atoms with Crippen molar-refractivity contribution in [3.8, 4) is 0 Å². The number of hydrogen-bond acceptors (Lipinski definition) is 8. The van der Waals surface area contributed by atoms with Gasteiger partial charge in [-0.2, -0.15) is 0 Å². The van der Waals surface area contributed by atoms with Gasteiger partial charge in [-0.25, -0.2) is 0 Å². The van der Waals surface area contributed by atoms with E-state index in [0.717, 1.165) is 119 Å². The summed E-state index contributed by atoms with van der Waals surface area (Å²) in [5, 5.41) is 4.04. The van der Waals surface area contributed by atoms with E-state index in [4.69, 9.17) is 30.3 Å². The molecule has 0 radical (unpaired) electrons. The summed E-state index contributed by atoms with van der Waals surface area (Å²) in [6.07, 6.45) is 17.5. The Balaban J connectivity index is 0.000000214. The van der Waals surface area contributed by atoms with Crippen molar-refractivity contribution < 1.29 is 30.3 Å². The monoisotopic (exact) mass is 1130 g/mol. The fraction of sp³-hybridized carbons (Fsp3) is 0.481. The molecule has 8 heterocycles. The predicted octanol–water partition coefficient (Wildman–Crippen LogP) is 16.2. The van der Waals surface area contributed by atoms with Gasteiger partial charge >= 0.3 is 41.5 Å². The Hall–Kier alpha value is -2.97. The molecule has 0 bridgehead atoms. The van der Waals surface area contributed by atoms with E-state index < -0.39 is 11.2 Å². The molecule has 0 aromatic carbocycles. The van der Waals surface area contributed by atoms with Gasteiger partial charge in [0.25, 0.3) is 23.6 Å². The minimum absolute atomic E-state index is 0.00184. The second kappa shape index (κ2) is 27.9. The van der Waals surface area contributed by atoms with Crippen LogP contribution in [-0.2, 0) is 30.3 Å². The number of hydrogen-bond donors (Lipinski definition) is 0. The third-order valence-corrected chi connectivity index (χ3v) is 16.5. The first kappa shape index (κ1) is 56.3. The minimum atomic E-state index is -1.33. The molecule has 0 saturated carbocycles. The van der Waals surface area contributed by atoms with E-state index in [1.54, 1.807) is 45.3 Å². The van der Waals surface area contributed by atoms with Crippen molar-refractivity contribution >= 4 is 122 Å². The molecule has 4 aliphatic heterocycles. The average molecular weight is 1130 g/mol. The Kier molecular flexibility index (Phi) is 22.5. The normalized spacial score (nSPS) is 15.8. The predicted molar refractivity (Wildman–Crippen MR) is 295 cm³/mol. The third-order valence-electron chi connectivity index (χ3n) is 12.8. The summed E-state index contributed by atoms with van der Waals surface area (Å²) in [7, 11) is 14.7. The number of nitrogens with zero attached hydrogens (tertiary/aromatic N) is 4. The molecule has 0 N–H and O–H groups in total. The number of halogens is 3. The zero-order valence-corrected chi connectivity index (χ0v) is 48.1. The van der Waals surface area contributed by atoms with Gasteiger partial charge in [0.15, 0.2) is 0 Å². The third kappa shape index (κ3) is 13.4. The zero-order chi connectivity index (χ0) is 50.3. The number of amides is 4. The van der Waals surface area contributed by atoms with Crippen LogP contribution in [0.4, 0.5) is 0 Å². The Morgan fingerprint density at radius 3 is 0.886 bits per heavy atom. The SMILES string of the molecule is CCCCCCN1C(=O)C2=C(c3ccc(C)s3)N(CCCCCC)C(=O)C2=C1c1ccc(C)s1.CCCCCCN1C(=O)C2=C(c3cccs3)N(CCCCCC)C(=O)C2=C1c1cccs1.[Cl][Fe]([Cl])[Cl]. The van der Waals surface area contributed by atoms with E-state index >= 15 is 0 Å². The topological polar surface area (TPSA) is 81.2 Å².